The molecule has 1 fully saturated rings. The Hall–Kier alpha value is -1.60. The van der Waals surface area contributed by atoms with Gasteiger partial charge in [0.05, 0.1) is 18.2 Å². The molecule has 1 amide bonds. The monoisotopic (exact) mass is 357 g/mol. The van der Waals surface area contributed by atoms with E-state index in [9.17, 15) is 23.1 Å². The van der Waals surface area contributed by atoms with Crippen molar-refractivity contribution in [2.75, 3.05) is 13.1 Å². The number of halogens is 3. The lowest BCUT2D eigenvalue weighted by atomic mass is 10.0. The number of benzene rings is 1. The van der Waals surface area contributed by atoms with E-state index in [1.807, 2.05) is 18.5 Å². The van der Waals surface area contributed by atoms with Gasteiger partial charge in [-0.1, -0.05) is 25.1 Å². The van der Waals surface area contributed by atoms with Gasteiger partial charge in [0.25, 0.3) is 0 Å². The Morgan fingerprint density at radius 3 is 2.80 bits per heavy atom. The summed E-state index contributed by atoms with van der Waals surface area (Å²) in [6.07, 6.45) is -2.58. The van der Waals surface area contributed by atoms with E-state index in [2.05, 4.69) is 0 Å². The number of carbonyl (C=O) groups is 1. The number of aliphatic hydroxyl groups is 1. The molecular formula is C18H24F3N2O2. The van der Waals surface area contributed by atoms with Crippen LogP contribution in [0.5, 0.6) is 0 Å². The number of rotatable bonds is 7. The maximum atomic E-state index is 12.7. The molecule has 1 saturated heterocycles. The topological polar surface area (TPSA) is 43.8 Å². The molecule has 0 aliphatic carbocycles. The van der Waals surface area contributed by atoms with Crippen molar-refractivity contribution in [3.05, 3.63) is 41.9 Å². The Balaban J connectivity index is 1.90. The minimum Gasteiger partial charge on any atom is -0.393 e. The van der Waals surface area contributed by atoms with Gasteiger partial charge in [-0.2, -0.15) is 13.2 Å². The van der Waals surface area contributed by atoms with Gasteiger partial charge in [0.1, 0.15) is 0 Å². The van der Waals surface area contributed by atoms with Crippen LogP contribution >= 0.6 is 0 Å². The maximum Gasteiger partial charge on any atom is 0.416 e. The highest BCUT2D eigenvalue weighted by Gasteiger charge is 2.30. The van der Waals surface area contributed by atoms with Crippen LogP contribution < -0.4 is 0 Å². The van der Waals surface area contributed by atoms with Crippen molar-refractivity contribution < 1.29 is 23.1 Å². The molecule has 1 aliphatic heterocycles. The summed E-state index contributed by atoms with van der Waals surface area (Å²) in [6.45, 7) is 4.99. The van der Waals surface area contributed by atoms with Crippen LogP contribution in [-0.4, -0.2) is 40.2 Å². The van der Waals surface area contributed by atoms with Gasteiger partial charge in [-0.15, -0.1) is 0 Å². The molecular weight excluding hydrogens is 333 g/mol. The molecule has 1 atom stereocenters. The normalized spacial score (nSPS) is 17.8. The standard InChI is InChI=1S/C18H24F3N2O2/c1-2-9-23-17(25)7-4-10-22(23)11-8-16(24)13-14-5-3-6-15(12-14)18(19,20)21/h3,5-6,9,12,16,24H,2,4,7-8,10-11,13H2,1H3. The predicted octanol–water partition coefficient (Wildman–Crippen LogP) is 3.41. The second-order valence-electron chi connectivity index (χ2n) is 6.23. The molecule has 1 heterocycles. The second-order valence-corrected chi connectivity index (χ2v) is 6.23. The van der Waals surface area contributed by atoms with Crippen LogP contribution in [0.3, 0.4) is 0 Å². The zero-order chi connectivity index (χ0) is 18.4. The van der Waals surface area contributed by atoms with E-state index in [4.69, 9.17) is 0 Å². The summed E-state index contributed by atoms with van der Waals surface area (Å²) in [7, 11) is 0. The van der Waals surface area contributed by atoms with Gasteiger partial charge >= 0.3 is 6.18 Å². The fourth-order valence-electron chi connectivity index (χ4n) is 2.95. The lowest BCUT2D eigenvalue weighted by Gasteiger charge is -2.38. The van der Waals surface area contributed by atoms with Crippen molar-refractivity contribution in [3.63, 3.8) is 0 Å². The Labute approximate surface area is 146 Å². The van der Waals surface area contributed by atoms with Gasteiger partial charge < -0.3 is 5.11 Å². The van der Waals surface area contributed by atoms with Crippen molar-refractivity contribution in [2.45, 2.75) is 51.3 Å². The molecule has 1 aromatic rings. The first kappa shape index (κ1) is 19.7. The van der Waals surface area contributed by atoms with Gasteiger partial charge in [0.15, 0.2) is 0 Å². The number of aliphatic hydroxyl groups excluding tert-OH is 1. The molecule has 2 rings (SSSR count). The van der Waals surface area contributed by atoms with Crippen LogP contribution in [0.4, 0.5) is 13.2 Å². The third kappa shape index (κ3) is 5.71. The van der Waals surface area contributed by atoms with Crippen LogP contribution in [0.15, 0.2) is 24.3 Å². The first-order valence-corrected chi connectivity index (χ1v) is 8.55. The molecule has 4 nitrogen and oxygen atoms in total. The van der Waals surface area contributed by atoms with Crippen LogP contribution in [0, 0.1) is 6.54 Å². The van der Waals surface area contributed by atoms with Gasteiger partial charge in [-0.05, 0) is 37.3 Å². The number of hydrogen-bond acceptors (Lipinski definition) is 3. The molecule has 1 radical (unpaired) electrons. The lowest BCUT2D eigenvalue weighted by Crippen LogP contribution is -2.49. The minimum atomic E-state index is -4.38. The third-order valence-corrected chi connectivity index (χ3v) is 4.17. The molecule has 1 aliphatic rings. The van der Waals surface area contributed by atoms with E-state index >= 15 is 0 Å². The summed E-state index contributed by atoms with van der Waals surface area (Å²) in [4.78, 5) is 11.9. The summed E-state index contributed by atoms with van der Waals surface area (Å²) in [5, 5.41) is 13.7. The van der Waals surface area contributed by atoms with E-state index in [1.165, 1.54) is 6.07 Å². The molecule has 1 aromatic carbocycles. The number of alkyl halides is 3. The Morgan fingerprint density at radius 2 is 2.12 bits per heavy atom. The third-order valence-electron chi connectivity index (χ3n) is 4.17. The molecule has 1 N–H and O–H groups in total. The van der Waals surface area contributed by atoms with Gasteiger partial charge in [-0.3, -0.25) is 9.80 Å². The van der Waals surface area contributed by atoms with Crippen molar-refractivity contribution in [3.8, 4) is 0 Å². The average Bonchev–Trinajstić information content (AvgIpc) is 2.55. The highest BCUT2D eigenvalue weighted by Crippen LogP contribution is 2.29. The first-order chi connectivity index (χ1) is 11.8. The summed E-state index contributed by atoms with van der Waals surface area (Å²) in [5.74, 6) is 0.0421. The SMILES string of the molecule is CC[CH]N1C(=O)CCCN1CCC(O)Cc1cccc(C(F)(F)F)c1. The highest BCUT2D eigenvalue weighted by atomic mass is 19.4. The van der Waals surface area contributed by atoms with E-state index in [-0.39, 0.29) is 12.3 Å². The van der Waals surface area contributed by atoms with Gasteiger partial charge in [0, 0.05) is 19.5 Å². The van der Waals surface area contributed by atoms with Crippen molar-refractivity contribution in [1.82, 2.24) is 10.0 Å². The number of amides is 1. The van der Waals surface area contributed by atoms with E-state index in [0.29, 0.717) is 24.9 Å². The highest BCUT2D eigenvalue weighted by molar-refractivity contribution is 5.76. The first-order valence-electron chi connectivity index (χ1n) is 8.55. The van der Waals surface area contributed by atoms with E-state index < -0.39 is 17.8 Å². The van der Waals surface area contributed by atoms with Crippen molar-refractivity contribution in [1.29, 1.82) is 0 Å². The molecule has 0 bridgehead atoms. The lowest BCUT2D eigenvalue weighted by molar-refractivity contribution is -0.151. The molecule has 0 saturated carbocycles. The Kier molecular flexibility index (Phi) is 6.84. The molecule has 139 valence electrons. The zero-order valence-corrected chi connectivity index (χ0v) is 14.3. The van der Waals surface area contributed by atoms with E-state index in [1.54, 1.807) is 11.1 Å². The smallest absolute Gasteiger partial charge is 0.393 e. The average molecular weight is 357 g/mol. The molecule has 0 aromatic heterocycles. The second kappa shape index (κ2) is 8.67. The number of nitrogens with zero attached hydrogens (tertiary/aromatic N) is 2. The number of hydrazine groups is 1. The molecule has 25 heavy (non-hydrogen) atoms. The molecule has 0 spiro atoms. The number of hydrogen-bond donors (Lipinski definition) is 1. The fraction of sp³-hybridized carbons (Fsp3) is 0.556. The largest absolute Gasteiger partial charge is 0.416 e. The fourth-order valence-corrected chi connectivity index (χ4v) is 2.95. The van der Waals surface area contributed by atoms with Crippen LogP contribution in [0.25, 0.3) is 0 Å². The van der Waals surface area contributed by atoms with Crippen LogP contribution in [-0.2, 0) is 17.4 Å². The Bertz CT molecular complexity index is 578. The van der Waals surface area contributed by atoms with Crippen molar-refractivity contribution >= 4 is 5.91 Å². The van der Waals surface area contributed by atoms with Crippen molar-refractivity contribution in [2.24, 2.45) is 0 Å². The van der Waals surface area contributed by atoms with E-state index in [0.717, 1.165) is 31.5 Å². The minimum absolute atomic E-state index is 0.0421. The van der Waals surface area contributed by atoms with Crippen LogP contribution in [0.1, 0.15) is 43.7 Å². The van der Waals surface area contributed by atoms with Gasteiger partial charge in [-0.25, -0.2) is 5.01 Å². The number of carbonyl (C=O) groups excluding carboxylic acids is 1. The molecule has 1 unspecified atom stereocenters. The molecule has 7 heteroatoms. The summed E-state index contributed by atoms with van der Waals surface area (Å²) < 4.78 is 38.2. The summed E-state index contributed by atoms with van der Waals surface area (Å²) in [6, 6.07) is 5.03. The van der Waals surface area contributed by atoms with Crippen LogP contribution in [0.2, 0.25) is 0 Å². The maximum absolute atomic E-state index is 12.7. The Morgan fingerprint density at radius 1 is 1.36 bits per heavy atom. The van der Waals surface area contributed by atoms with Gasteiger partial charge in [0.2, 0.25) is 5.91 Å². The summed E-state index contributed by atoms with van der Waals surface area (Å²) in [5.41, 5.74) is -0.253. The summed E-state index contributed by atoms with van der Waals surface area (Å²) >= 11 is 0. The quantitative estimate of drug-likeness (QED) is 0.813. The predicted molar refractivity (Wildman–Crippen MR) is 88.0 cm³/mol. The zero-order valence-electron chi connectivity index (χ0n) is 14.3.